The van der Waals surface area contributed by atoms with Gasteiger partial charge in [0.05, 0.1) is 11.1 Å². The van der Waals surface area contributed by atoms with Crippen molar-refractivity contribution < 1.29 is 0 Å². The van der Waals surface area contributed by atoms with Crippen LogP contribution in [0.15, 0.2) is 23.3 Å². The Labute approximate surface area is 155 Å². The summed E-state index contributed by atoms with van der Waals surface area (Å²) in [5.74, 6) is 0. The molecule has 0 spiro atoms. The van der Waals surface area contributed by atoms with E-state index in [2.05, 4.69) is 32.4 Å². The Hall–Kier alpha value is -1.34. The first-order valence-corrected chi connectivity index (χ1v) is 9.25. The Morgan fingerprint density at radius 2 is 2.00 bits per heavy atom. The van der Waals surface area contributed by atoms with E-state index in [1.807, 2.05) is 25.1 Å². The number of hydrogen-bond acceptors (Lipinski definition) is 6. The van der Waals surface area contributed by atoms with Crippen molar-refractivity contribution in [3.63, 3.8) is 0 Å². The van der Waals surface area contributed by atoms with Gasteiger partial charge in [-0.15, -0.1) is 0 Å². The molecule has 1 N–H and O–H groups in total. The summed E-state index contributed by atoms with van der Waals surface area (Å²) in [4.78, 5) is 7.48. The van der Waals surface area contributed by atoms with Crippen LogP contribution in [-0.2, 0) is 0 Å². The second-order valence-corrected chi connectivity index (χ2v) is 7.56. The van der Waals surface area contributed by atoms with E-state index < -0.39 is 0 Å². The number of nitrogens with one attached hydrogen (secondary N) is 1. The molecule has 128 valence electrons. The molecule has 0 amide bonds. The number of hydrogen-bond donors (Lipinski definition) is 1. The van der Waals surface area contributed by atoms with E-state index >= 15 is 0 Å². The molecule has 2 aromatic rings. The third kappa shape index (κ3) is 4.39. The number of thiazole rings is 1. The number of hydrazone groups is 1. The first-order chi connectivity index (χ1) is 11.5. The molecular weight excluding hydrogens is 365 g/mol. The molecule has 1 fully saturated rings. The lowest BCUT2D eigenvalue weighted by molar-refractivity contribution is 0.159. The molecular formula is C16H19Cl2N5S. The predicted octanol–water partition coefficient (Wildman–Crippen LogP) is 4.08. The molecule has 1 aromatic carbocycles. The van der Waals surface area contributed by atoms with Crippen molar-refractivity contribution >= 4 is 51.6 Å². The number of nitrogens with zero attached hydrogens (tertiary/aromatic N) is 4. The molecule has 5 nitrogen and oxygen atoms in total. The Kier molecular flexibility index (Phi) is 5.61. The highest BCUT2D eigenvalue weighted by Crippen LogP contribution is 2.29. The maximum atomic E-state index is 6.22. The van der Waals surface area contributed by atoms with Gasteiger partial charge in [-0.3, -0.25) is 5.01 Å². The van der Waals surface area contributed by atoms with Gasteiger partial charge < -0.3 is 10.2 Å². The number of likely N-dealkylation sites (N-methyl/N-ethyl adjacent to an activating group) is 1. The topological polar surface area (TPSA) is 43.8 Å². The molecule has 0 radical (unpaired) electrons. The molecule has 1 saturated heterocycles. The summed E-state index contributed by atoms with van der Waals surface area (Å²) in [7, 11) is 2.12. The fraction of sp³-hybridized carbons (Fsp3) is 0.375. The predicted molar refractivity (Wildman–Crippen MR) is 103 cm³/mol. The maximum absolute atomic E-state index is 6.22. The summed E-state index contributed by atoms with van der Waals surface area (Å²) in [6.45, 7) is 5.87. The van der Waals surface area contributed by atoms with Gasteiger partial charge in [0.15, 0.2) is 10.3 Å². The molecule has 1 aliphatic heterocycles. The van der Waals surface area contributed by atoms with Crippen molar-refractivity contribution in [1.82, 2.24) is 14.9 Å². The van der Waals surface area contributed by atoms with Crippen LogP contribution >= 0.6 is 34.5 Å². The fourth-order valence-corrected chi connectivity index (χ4v) is 3.51. The van der Waals surface area contributed by atoms with Crippen molar-refractivity contribution in [2.24, 2.45) is 5.10 Å². The van der Waals surface area contributed by atoms with Gasteiger partial charge in [0.1, 0.15) is 0 Å². The van der Waals surface area contributed by atoms with Crippen molar-refractivity contribution in [3.05, 3.63) is 38.8 Å². The van der Waals surface area contributed by atoms with Gasteiger partial charge in [0, 0.05) is 36.9 Å². The van der Waals surface area contributed by atoms with Gasteiger partial charge in [-0.05, 0) is 31.7 Å². The van der Waals surface area contributed by atoms with Crippen LogP contribution in [0, 0.1) is 6.92 Å². The summed E-state index contributed by atoms with van der Waals surface area (Å²) in [6.07, 6.45) is 1.79. The minimum atomic E-state index is 0.457. The molecule has 0 saturated carbocycles. The van der Waals surface area contributed by atoms with Crippen LogP contribution in [0.4, 0.5) is 10.8 Å². The van der Waals surface area contributed by atoms with E-state index in [9.17, 15) is 0 Å². The van der Waals surface area contributed by atoms with Crippen LogP contribution in [0.1, 0.15) is 10.4 Å². The van der Waals surface area contributed by atoms with Crippen LogP contribution < -0.4 is 5.32 Å². The number of aromatic nitrogens is 1. The minimum absolute atomic E-state index is 0.457. The van der Waals surface area contributed by atoms with E-state index in [1.54, 1.807) is 6.21 Å². The molecule has 0 bridgehead atoms. The van der Waals surface area contributed by atoms with E-state index in [1.165, 1.54) is 11.3 Å². The molecule has 0 unspecified atom stereocenters. The summed E-state index contributed by atoms with van der Waals surface area (Å²) >= 11 is 13.8. The van der Waals surface area contributed by atoms with Crippen LogP contribution in [0.25, 0.3) is 0 Å². The zero-order chi connectivity index (χ0) is 17.1. The quantitative estimate of drug-likeness (QED) is 0.807. The summed E-state index contributed by atoms with van der Waals surface area (Å²) < 4.78 is 0. The molecule has 3 rings (SSSR count). The van der Waals surface area contributed by atoms with Gasteiger partial charge in [0.25, 0.3) is 0 Å². The molecule has 2 heterocycles. The van der Waals surface area contributed by atoms with Crippen molar-refractivity contribution in [2.45, 2.75) is 6.92 Å². The Morgan fingerprint density at radius 3 is 2.71 bits per heavy atom. The van der Waals surface area contributed by atoms with Gasteiger partial charge in [-0.25, -0.2) is 4.98 Å². The molecule has 24 heavy (non-hydrogen) atoms. The zero-order valence-corrected chi connectivity index (χ0v) is 15.9. The summed E-state index contributed by atoms with van der Waals surface area (Å²) in [5.41, 5.74) is 1.93. The second-order valence-electron chi connectivity index (χ2n) is 5.76. The molecule has 0 atom stereocenters. The van der Waals surface area contributed by atoms with Crippen molar-refractivity contribution in [3.8, 4) is 0 Å². The normalized spacial score (nSPS) is 16.1. The monoisotopic (exact) mass is 383 g/mol. The highest BCUT2D eigenvalue weighted by Gasteiger charge is 2.12. The Bertz CT molecular complexity index is 738. The lowest BCUT2D eigenvalue weighted by Crippen LogP contribution is -2.41. The van der Waals surface area contributed by atoms with Crippen molar-refractivity contribution in [2.75, 3.05) is 38.5 Å². The number of benzene rings is 1. The number of anilines is 2. The second kappa shape index (κ2) is 7.70. The van der Waals surface area contributed by atoms with Crippen molar-refractivity contribution in [1.29, 1.82) is 0 Å². The highest BCUT2D eigenvalue weighted by atomic mass is 35.5. The van der Waals surface area contributed by atoms with E-state index in [0.717, 1.165) is 52.5 Å². The fourth-order valence-electron chi connectivity index (χ4n) is 2.29. The summed E-state index contributed by atoms with van der Waals surface area (Å²) in [6, 6.07) is 5.81. The summed E-state index contributed by atoms with van der Waals surface area (Å²) in [5, 5.41) is 11.7. The third-order valence-electron chi connectivity index (χ3n) is 3.85. The molecule has 1 aromatic heterocycles. The lowest BCUT2D eigenvalue weighted by Gasteiger charge is -2.30. The van der Waals surface area contributed by atoms with Gasteiger partial charge in [0.2, 0.25) is 0 Å². The number of halogens is 2. The lowest BCUT2D eigenvalue weighted by atomic mass is 10.2. The average Bonchev–Trinajstić information content (AvgIpc) is 2.90. The standard InChI is InChI=1S/C16H19Cl2N5S/c1-11-3-4-12(9-13(11)17)20-16-21-15(18)14(24-16)10-19-23-7-5-22(2)6-8-23/h3-4,9-10H,5-8H2,1-2H3,(H,20,21)/b19-10+. The molecule has 1 aliphatic rings. The van der Waals surface area contributed by atoms with Crippen LogP contribution in [0.5, 0.6) is 0 Å². The average molecular weight is 384 g/mol. The van der Waals surface area contributed by atoms with Gasteiger partial charge >= 0.3 is 0 Å². The highest BCUT2D eigenvalue weighted by molar-refractivity contribution is 7.17. The molecule has 0 aliphatic carbocycles. The van der Waals surface area contributed by atoms with E-state index in [4.69, 9.17) is 23.2 Å². The minimum Gasteiger partial charge on any atom is -0.331 e. The van der Waals surface area contributed by atoms with Crippen LogP contribution in [0.2, 0.25) is 10.2 Å². The van der Waals surface area contributed by atoms with Gasteiger partial charge in [-0.2, -0.15) is 5.10 Å². The smallest absolute Gasteiger partial charge is 0.189 e. The van der Waals surface area contributed by atoms with Crippen LogP contribution in [0.3, 0.4) is 0 Å². The van der Waals surface area contributed by atoms with Gasteiger partial charge in [-0.1, -0.05) is 40.6 Å². The maximum Gasteiger partial charge on any atom is 0.189 e. The Balaban J connectivity index is 1.67. The first kappa shape index (κ1) is 17.5. The van der Waals surface area contributed by atoms with Crippen LogP contribution in [-0.4, -0.2) is 54.3 Å². The zero-order valence-electron chi connectivity index (χ0n) is 13.6. The Morgan fingerprint density at radius 1 is 1.25 bits per heavy atom. The van der Waals surface area contributed by atoms with E-state index in [-0.39, 0.29) is 0 Å². The third-order valence-corrected chi connectivity index (χ3v) is 5.56. The number of aryl methyl sites for hydroxylation is 1. The molecule has 8 heteroatoms. The number of rotatable bonds is 4. The first-order valence-electron chi connectivity index (χ1n) is 7.68. The van der Waals surface area contributed by atoms with E-state index in [0.29, 0.717) is 5.15 Å². The SMILES string of the molecule is Cc1ccc(Nc2nc(Cl)c(/C=N/N3CCN(C)CC3)s2)cc1Cl. The number of piperazine rings is 1. The largest absolute Gasteiger partial charge is 0.331 e.